The van der Waals surface area contributed by atoms with Crippen LogP contribution in [-0.4, -0.2) is 27.7 Å². The molecule has 0 radical (unpaired) electrons. The number of hydrogen-bond donors (Lipinski definition) is 2. The molecule has 0 unspecified atom stereocenters. The molecular weight excluding hydrogens is 394 g/mol. The predicted octanol–water partition coefficient (Wildman–Crippen LogP) is 3.18. The Balaban J connectivity index is 1.69. The van der Waals surface area contributed by atoms with Crippen molar-refractivity contribution in [3.8, 4) is 17.1 Å². The van der Waals surface area contributed by atoms with E-state index in [0.29, 0.717) is 25.1 Å². The van der Waals surface area contributed by atoms with Gasteiger partial charge < -0.3 is 19.7 Å². The molecule has 1 aromatic carbocycles. The topological polar surface area (TPSA) is 93.5 Å². The lowest BCUT2D eigenvalue weighted by atomic mass is 9.88. The molecule has 31 heavy (non-hydrogen) atoms. The van der Waals surface area contributed by atoms with Crippen molar-refractivity contribution in [2.45, 2.75) is 51.8 Å². The van der Waals surface area contributed by atoms with E-state index in [-0.39, 0.29) is 23.9 Å². The van der Waals surface area contributed by atoms with E-state index < -0.39 is 5.92 Å². The normalized spacial score (nSPS) is 16.7. The number of ether oxygens (including phenoxy) is 1. The third kappa shape index (κ3) is 3.03. The van der Waals surface area contributed by atoms with Gasteiger partial charge in [-0.05, 0) is 43.3 Å². The Kier molecular flexibility index (Phi) is 4.78. The Morgan fingerprint density at radius 2 is 2.13 bits per heavy atom. The van der Waals surface area contributed by atoms with Gasteiger partial charge in [-0.3, -0.25) is 9.59 Å². The van der Waals surface area contributed by atoms with Crippen molar-refractivity contribution >= 4 is 16.9 Å². The van der Waals surface area contributed by atoms with Crippen molar-refractivity contribution < 1.29 is 14.6 Å². The second-order valence-corrected chi connectivity index (χ2v) is 8.31. The van der Waals surface area contributed by atoms with Crippen molar-refractivity contribution in [2.75, 3.05) is 7.05 Å². The number of phenolic OH excluding ortho intramolecular Hbond substituents is 1. The molecule has 7 nitrogen and oxygen atoms in total. The molecule has 0 amide bonds. The van der Waals surface area contributed by atoms with E-state index in [0.717, 1.165) is 51.8 Å². The molecule has 5 rings (SSSR count). The summed E-state index contributed by atoms with van der Waals surface area (Å²) in [5.74, 6) is -0.422. The van der Waals surface area contributed by atoms with Gasteiger partial charge in [0.25, 0.3) is 5.56 Å². The zero-order chi connectivity index (χ0) is 21.7. The molecule has 160 valence electrons. The number of esters is 1. The van der Waals surface area contributed by atoms with Gasteiger partial charge in [0.1, 0.15) is 12.4 Å². The molecule has 0 saturated carbocycles. The maximum Gasteiger partial charge on any atom is 0.313 e. The Bertz CT molecular complexity index is 1280. The number of pyridine rings is 2. The van der Waals surface area contributed by atoms with Gasteiger partial charge in [0.2, 0.25) is 0 Å². The summed E-state index contributed by atoms with van der Waals surface area (Å²) in [4.78, 5) is 30.6. The predicted molar refractivity (Wildman–Crippen MR) is 117 cm³/mol. The van der Waals surface area contributed by atoms with Crippen LogP contribution in [0.4, 0.5) is 0 Å². The summed E-state index contributed by atoms with van der Waals surface area (Å²) in [7, 11) is 1.83. The number of carbonyl (C=O) groups is 1. The van der Waals surface area contributed by atoms with E-state index in [1.165, 1.54) is 0 Å². The number of benzene rings is 1. The van der Waals surface area contributed by atoms with Crippen LogP contribution in [0.25, 0.3) is 22.3 Å². The minimum atomic E-state index is -0.397. The summed E-state index contributed by atoms with van der Waals surface area (Å²) < 4.78 is 7.07. The third-order valence-corrected chi connectivity index (χ3v) is 6.39. The Morgan fingerprint density at radius 3 is 2.90 bits per heavy atom. The average Bonchev–Trinajstić information content (AvgIpc) is 3.12. The van der Waals surface area contributed by atoms with Gasteiger partial charge in [-0.2, -0.15) is 0 Å². The van der Waals surface area contributed by atoms with Crippen LogP contribution in [0.1, 0.15) is 54.4 Å². The molecule has 2 aliphatic heterocycles. The van der Waals surface area contributed by atoms with Crippen LogP contribution >= 0.6 is 0 Å². The highest BCUT2D eigenvalue weighted by molar-refractivity contribution is 5.89. The molecule has 3 aromatic rings. The minimum Gasteiger partial charge on any atom is -0.508 e. The number of phenols is 1. The fourth-order valence-corrected chi connectivity index (χ4v) is 4.78. The fourth-order valence-electron chi connectivity index (χ4n) is 4.78. The molecule has 0 bridgehead atoms. The summed E-state index contributed by atoms with van der Waals surface area (Å²) in [6.07, 6.45) is 2.55. The van der Waals surface area contributed by atoms with Crippen LogP contribution in [-0.2, 0) is 29.2 Å². The van der Waals surface area contributed by atoms with Gasteiger partial charge in [-0.25, -0.2) is 4.98 Å². The number of unbranched alkanes of at least 4 members (excludes halogenated alkanes) is 1. The van der Waals surface area contributed by atoms with Crippen molar-refractivity contribution in [2.24, 2.45) is 0 Å². The van der Waals surface area contributed by atoms with Crippen LogP contribution in [0.5, 0.6) is 5.75 Å². The highest BCUT2D eigenvalue weighted by Crippen LogP contribution is 2.38. The second-order valence-electron chi connectivity index (χ2n) is 8.31. The zero-order valence-corrected chi connectivity index (χ0v) is 17.7. The number of rotatable bonds is 5. The lowest BCUT2D eigenvalue weighted by Crippen LogP contribution is -2.32. The summed E-state index contributed by atoms with van der Waals surface area (Å²) >= 11 is 0. The molecule has 0 spiro atoms. The van der Waals surface area contributed by atoms with Crippen molar-refractivity contribution in [3.05, 3.63) is 56.9 Å². The first-order chi connectivity index (χ1) is 15.0. The van der Waals surface area contributed by atoms with E-state index in [4.69, 9.17) is 9.72 Å². The van der Waals surface area contributed by atoms with Crippen molar-refractivity contribution in [3.63, 3.8) is 0 Å². The fraction of sp³-hybridized carbons (Fsp3) is 0.375. The van der Waals surface area contributed by atoms with Crippen LogP contribution < -0.4 is 10.9 Å². The molecule has 7 heteroatoms. The lowest BCUT2D eigenvalue weighted by molar-refractivity contribution is -0.148. The molecule has 2 aromatic heterocycles. The SMILES string of the molecule is CCCC[C@@H]1C(=O)OCc2c1cc1n(c2=O)Cc2cc3c(CNC)c(O)ccc3nc2-1. The highest BCUT2D eigenvalue weighted by atomic mass is 16.5. The number of aromatic nitrogens is 2. The van der Waals surface area contributed by atoms with E-state index in [2.05, 4.69) is 12.2 Å². The summed E-state index contributed by atoms with van der Waals surface area (Å²) in [6.45, 7) is 3.05. The molecule has 4 heterocycles. The van der Waals surface area contributed by atoms with Gasteiger partial charge in [-0.1, -0.05) is 19.8 Å². The Morgan fingerprint density at radius 1 is 1.29 bits per heavy atom. The minimum absolute atomic E-state index is 0.0296. The molecule has 2 aliphatic rings. The summed E-state index contributed by atoms with van der Waals surface area (Å²) in [5.41, 5.74) is 5.27. The van der Waals surface area contributed by atoms with Gasteiger partial charge >= 0.3 is 5.97 Å². The Labute approximate surface area is 179 Å². The Hall–Kier alpha value is -3.19. The maximum absolute atomic E-state index is 13.3. The van der Waals surface area contributed by atoms with Gasteiger partial charge in [-0.15, -0.1) is 0 Å². The lowest BCUT2D eigenvalue weighted by Gasteiger charge is -2.25. The molecule has 0 fully saturated rings. The number of nitrogens with zero attached hydrogens (tertiary/aromatic N) is 2. The molecule has 0 aliphatic carbocycles. The van der Waals surface area contributed by atoms with E-state index in [1.807, 2.05) is 19.2 Å². The van der Waals surface area contributed by atoms with E-state index in [1.54, 1.807) is 16.7 Å². The number of carbonyl (C=O) groups excluding carboxylic acids is 1. The first-order valence-corrected chi connectivity index (χ1v) is 10.8. The van der Waals surface area contributed by atoms with Crippen molar-refractivity contribution in [1.82, 2.24) is 14.9 Å². The third-order valence-electron chi connectivity index (χ3n) is 6.39. The van der Waals surface area contributed by atoms with Crippen molar-refractivity contribution in [1.29, 1.82) is 0 Å². The largest absolute Gasteiger partial charge is 0.508 e. The van der Waals surface area contributed by atoms with Gasteiger partial charge in [0.15, 0.2) is 0 Å². The van der Waals surface area contributed by atoms with Crippen LogP contribution in [0.2, 0.25) is 0 Å². The summed E-state index contributed by atoms with van der Waals surface area (Å²) in [5, 5.41) is 14.3. The maximum atomic E-state index is 13.3. The number of fused-ring (bicyclic) bond motifs is 5. The first kappa shape index (κ1) is 19.8. The monoisotopic (exact) mass is 419 g/mol. The van der Waals surface area contributed by atoms with Gasteiger partial charge in [0.05, 0.1) is 34.9 Å². The zero-order valence-electron chi connectivity index (χ0n) is 17.7. The quantitative estimate of drug-likeness (QED) is 0.483. The molecule has 0 saturated heterocycles. The second kappa shape index (κ2) is 7.50. The van der Waals surface area contributed by atoms with E-state index in [9.17, 15) is 14.7 Å². The number of nitrogens with one attached hydrogen (secondary N) is 1. The van der Waals surface area contributed by atoms with E-state index >= 15 is 0 Å². The molecule has 2 N–H and O–H groups in total. The highest BCUT2D eigenvalue weighted by Gasteiger charge is 2.34. The first-order valence-electron chi connectivity index (χ1n) is 10.8. The number of aromatic hydroxyl groups is 1. The molecule has 1 atom stereocenters. The van der Waals surface area contributed by atoms with Crippen LogP contribution in [0.3, 0.4) is 0 Å². The smallest absolute Gasteiger partial charge is 0.313 e. The summed E-state index contributed by atoms with van der Waals surface area (Å²) in [6, 6.07) is 7.44. The van der Waals surface area contributed by atoms with Gasteiger partial charge in [0, 0.05) is 23.1 Å². The van der Waals surface area contributed by atoms with Crippen LogP contribution in [0, 0.1) is 0 Å². The number of cyclic esters (lactones) is 1. The standard InChI is InChI=1S/C24H25N3O4/c1-3-4-5-14-15-9-20-22-13(11-27(20)23(29)18(15)12-31-24(14)30)8-16-17(10-25-2)21(28)7-6-19(16)26-22/h6-9,14,25,28H,3-5,10-12H2,1-2H3/t14-/m0/s1. The number of hydrogen-bond acceptors (Lipinski definition) is 6. The molecular formula is C24H25N3O4. The van der Waals surface area contributed by atoms with Crippen LogP contribution in [0.15, 0.2) is 29.1 Å². The average molecular weight is 419 g/mol.